The summed E-state index contributed by atoms with van der Waals surface area (Å²) < 4.78 is 51.5. The van der Waals surface area contributed by atoms with E-state index < -0.39 is 61.8 Å². The fraction of sp³-hybridized carbons (Fsp3) is 0.500. The van der Waals surface area contributed by atoms with E-state index in [4.69, 9.17) is 30.7 Å². The van der Waals surface area contributed by atoms with Crippen LogP contribution in [0.3, 0.4) is 0 Å². The van der Waals surface area contributed by atoms with Crippen molar-refractivity contribution in [2.45, 2.75) is 63.6 Å². The van der Waals surface area contributed by atoms with Gasteiger partial charge in [-0.15, -0.1) is 0 Å². The first kappa shape index (κ1) is 29.1. The second kappa shape index (κ2) is 11.1. The minimum Gasteiger partial charge on any atom is -0.462 e. The number of benzene rings is 1. The van der Waals surface area contributed by atoms with Crippen LogP contribution in [-0.4, -0.2) is 62.0 Å². The van der Waals surface area contributed by atoms with Crippen molar-refractivity contribution in [3.8, 4) is 5.75 Å². The molecule has 12 nitrogen and oxygen atoms in total. The van der Waals surface area contributed by atoms with Gasteiger partial charge in [0.15, 0.2) is 11.0 Å². The number of carbonyl (C=O) groups is 1. The van der Waals surface area contributed by atoms with Gasteiger partial charge in [-0.3, -0.25) is 23.7 Å². The number of aliphatic hydroxyl groups is 2. The number of hydrogen-bond acceptors (Lipinski definition) is 10. The van der Waals surface area contributed by atoms with E-state index in [2.05, 4.69) is 10.1 Å². The molecule has 1 aromatic carbocycles. The number of H-pyrrole nitrogens is 1. The van der Waals surface area contributed by atoms with Crippen LogP contribution in [0.1, 0.15) is 33.9 Å². The van der Waals surface area contributed by atoms with Gasteiger partial charge in [-0.2, -0.15) is 5.09 Å². The molecule has 2 aromatic rings. The fourth-order valence-electron chi connectivity index (χ4n) is 3.51. The molecule has 37 heavy (non-hydrogen) atoms. The molecule has 1 saturated heterocycles. The average Bonchev–Trinajstić information content (AvgIpc) is 2.98. The predicted molar refractivity (Wildman–Crippen MR) is 131 cm³/mol. The molecule has 1 fully saturated rings. The van der Waals surface area contributed by atoms with Crippen molar-refractivity contribution in [1.29, 1.82) is 0 Å². The largest absolute Gasteiger partial charge is 0.462 e. The molecular weight excluding hydrogens is 532 g/mol. The lowest BCUT2D eigenvalue weighted by Crippen LogP contribution is -2.49. The van der Waals surface area contributed by atoms with Gasteiger partial charge in [0.05, 0.1) is 6.10 Å². The number of ether oxygens (including phenoxy) is 2. The highest BCUT2D eigenvalue weighted by molar-refractivity contribution is 7.71. The zero-order valence-electron chi connectivity index (χ0n) is 20.5. The quantitative estimate of drug-likeness (QED) is 0.191. The van der Waals surface area contributed by atoms with Crippen LogP contribution in [0.25, 0.3) is 0 Å². The summed E-state index contributed by atoms with van der Waals surface area (Å²) in [6.07, 6.45) is -3.11. The molecule has 0 aliphatic carbocycles. The highest BCUT2D eigenvalue weighted by Crippen LogP contribution is 2.50. The lowest BCUT2D eigenvalue weighted by atomic mass is 9.95. The Labute approximate surface area is 216 Å². The molecule has 4 N–H and O–H groups in total. The normalized spacial score (nSPS) is 28.0. The van der Waals surface area contributed by atoms with Crippen molar-refractivity contribution >= 4 is 25.9 Å². The number of esters is 1. The number of halogens is 1. The van der Waals surface area contributed by atoms with Gasteiger partial charge < -0.3 is 24.2 Å². The van der Waals surface area contributed by atoms with Crippen LogP contribution < -0.4 is 15.2 Å². The Hall–Kier alpha value is -2.45. The smallest absolute Gasteiger partial charge is 0.459 e. The van der Waals surface area contributed by atoms with Crippen molar-refractivity contribution in [2.24, 2.45) is 0 Å². The van der Waals surface area contributed by atoms with Crippen LogP contribution in [-0.2, 0) is 23.4 Å². The molecule has 1 aliphatic rings. The van der Waals surface area contributed by atoms with Crippen LogP contribution in [0.2, 0.25) is 0 Å². The van der Waals surface area contributed by atoms with E-state index in [1.807, 2.05) is 0 Å². The summed E-state index contributed by atoms with van der Waals surface area (Å²) in [5.74, 6) is -3.80. The maximum Gasteiger partial charge on any atom is 0.459 e. The van der Waals surface area contributed by atoms with Crippen molar-refractivity contribution in [2.75, 3.05) is 6.61 Å². The van der Waals surface area contributed by atoms with E-state index in [0.717, 1.165) is 23.8 Å². The number of nitrogens with one attached hydrogen (secondary N) is 2. The highest BCUT2D eigenvalue weighted by Gasteiger charge is 2.63. The van der Waals surface area contributed by atoms with E-state index in [-0.39, 0.29) is 10.5 Å². The zero-order valence-corrected chi connectivity index (χ0v) is 22.2. The maximum absolute atomic E-state index is 15.9. The standard InChI is InChI=1S/C22H29FN3O9PS/c1-13(2)33-17(28)14(3)25-36(31,35-15-8-6-5-7-9-15)32-12-22(23)18(29)21(4,30)19(34-22)26-11-10-16(27)24-20(26)37/h5-11,13-14,18-19,29-30H,12H2,1-4H3,(H,25,31)(H,24,27,37)/t14-,18?,19+,21+,22+,36?/m0/s1. The number of aliphatic hydroxyl groups excluding tert-OH is 1. The Morgan fingerprint density at radius 1 is 1.32 bits per heavy atom. The van der Waals surface area contributed by atoms with Gasteiger partial charge in [-0.05, 0) is 52.0 Å². The molecule has 2 heterocycles. The van der Waals surface area contributed by atoms with Crippen molar-refractivity contribution in [1.82, 2.24) is 14.6 Å². The molecule has 0 saturated carbocycles. The molecule has 0 amide bonds. The van der Waals surface area contributed by atoms with E-state index in [0.29, 0.717) is 0 Å². The minimum atomic E-state index is -4.50. The second-order valence-corrected chi connectivity index (χ2v) is 11.0. The molecule has 1 aliphatic heterocycles. The molecule has 2 unspecified atom stereocenters. The van der Waals surface area contributed by atoms with Gasteiger partial charge in [0, 0.05) is 12.3 Å². The van der Waals surface area contributed by atoms with Gasteiger partial charge >= 0.3 is 13.7 Å². The van der Waals surface area contributed by atoms with Crippen molar-refractivity contribution in [3.63, 3.8) is 0 Å². The molecule has 15 heteroatoms. The van der Waals surface area contributed by atoms with E-state index in [1.54, 1.807) is 32.0 Å². The number of nitrogens with zero attached hydrogens (tertiary/aromatic N) is 1. The van der Waals surface area contributed by atoms with Gasteiger partial charge in [-0.25, -0.2) is 8.96 Å². The van der Waals surface area contributed by atoms with Gasteiger partial charge in [-0.1, -0.05) is 18.2 Å². The van der Waals surface area contributed by atoms with Crippen molar-refractivity contribution in [3.05, 3.63) is 57.7 Å². The summed E-state index contributed by atoms with van der Waals surface area (Å²) in [4.78, 5) is 26.1. The van der Waals surface area contributed by atoms with Crippen LogP contribution >= 0.6 is 20.0 Å². The molecule has 1 aromatic heterocycles. The number of rotatable bonds is 10. The molecular formula is C22H29FN3O9PS. The Balaban J connectivity index is 1.86. The first-order valence-electron chi connectivity index (χ1n) is 11.2. The Kier molecular flexibility index (Phi) is 8.75. The Bertz CT molecular complexity index is 1270. The Morgan fingerprint density at radius 3 is 2.57 bits per heavy atom. The first-order valence-corrected chi connectivity index (χ1v) is 13.2. The molecule has 204 valence electrons. The lowest BCUT2D eigenvalue weighted by molar-refractivity contribution is -0.203. The third-order valence-electron chi connectivity index (χ3n) is 5.33. The fourth-order valence-corrected chi connectivity index (χ4v) is 5.27. The van der Waals surface area contributed by atoms with Gasteiger partial charge in [0.2, 0.25) is 0 Å². The lowest BCUT2D eigenvalue weighted by Gasteiger charge is -2.29. The SMILES string of the molecule is CC(C)OC(=O)[C@H](C)NP(=O)(OC[C@@]1(F)O[C@@H](n2ccc(=O)[nH]c2=S)[C@](C)(O)C1O)Oc1ccccc1. The number of aromatic nitrogens is 2. The molecule has 3 rings (SSSR count). The van der Waals surface area contributed by atoms with Gasteiger partial charge in [0.25, 0.3) is 11.4 Å². The van der Waals surface area contributed by atoms with E-state index in [1.165, 1.54) is 19.1 Å². The molecule has 6 atom stereocenters. The summed E-state index contributed by atoms with van der Waals surface area (Å²) in [7, 11) is -4.50. The van der Waals surface area contributed by atoms with Crippen LogP contribution in [0, 0.1) is 4.77 Å². The predicted octanol–water partition coefficient (Wildman–Crippen LogP) is 2.35. The molecule has 0 bridgehead atoms. The summed E-state index contributed by atoms with van der Waals surface area (Å²) in [6, 6.07) is 7.65. The number of carbonyl (C=O) groups excluding carboxylic acids is 1. The number of alkyl halides is 1. The van der Waals surface area contributed by atoms with E-state index in [9.17, 15) is 24.4 Å². The summed E-state index contributed by atoms with van der Waals surface area (Å²) in [5.41, 5.74) is -2.80. The number of aromatic amines is 1. The van der Waals surface area contributed by atoms with Crippen LogP contribution in [0.5, 0.6) is 5.75 Å². The average molecular weight is 562 g/mol. The van der Waals surface area contributed by atoms with Crippen LogP contribution in [0.15, 0.2) is 47.4 Å². The number of hydrogen-bond donors (Lipinski definition) is 4. The van der Waals surface area contributed by atoms with E-state index >= 15 is 4.39 Å². The first-order chi connectivity index (χ1) is 17.2. The van der Waals surface area contributed by atoms with Crippen LogP contribution in [0.4, 0.5) is 4.39 Å². The maximum atomic E-state index is 15.9. The second-order valence-electron chi connectivity index (χ2n) is 8.91. The molecule has 0 radical (unpaired) electrons. The van der Waals surface area contributed by atoms with Gasteiger partial charge in [0.1, 0.15) is 30.1 Å². The third-order valence-corrected chi connectivity index (χ3v) is 7.27. The summed E-state index contributed by atoms with van der Waals surface area (Å²) in [5, 5.41) is 23.9. The zero-order chi connectivity index (χ0) is 27.6. The van der Waals surface area contributed by atoms with Crippen molar-refractivity contribution < 1.29 is 42.5 Å². The monoisotopic (exact) mass is 561 g/mol. The summed E-state index contributed by atoms with van der Waals surface area (Å²) >= 11 is 5.05. The molecule has 0 spiro atoms. The Morgan fingerprint density at radius 2 is 1.97 bits per heavy atom. The topological polar surface area (TPSA) is 161 Å². The number of para-hydroxylation sites is 1. The highest BCUT2D eigenvalue weighted by atomic mass is 32.1. The third kappa shape index (κ3) is 6.71. The summed E-state index contributed by atoms with van der Waals surface area (Å²) in [6.45, 7) is 4.51. The minimum absolute atomic E-state index is 0.0768.